The van der Waals surface area contributed by atoms with E-state index in [2.05, 4.69) is 33.9 Å². The van der Waals surface area contributed by atoms with Crippen LogP contribution in [-0.2, 0) is 13.1 Å². The van der Waals surface area contributed by atoms with E-state index in [0.717, 1.165) is 31.7 Å². The van der Waals surface area contributed by atoms with Gasteiger partial charge in [-0.05, 0) is 25.5 Å². The summed E-state index contributed by atoms with van der Waals surface area (Å²) >= 11 is 1.64. The summed E-state index contributed by atoms with van der Waals surface area (Å²) in [4.78, 5) is 4.21. The number of aryl methyl sites for hydroxylation is 2. The Labute approximate surface area is 99.3 Å². The number of thiazole rings is 1. The first-order valence-corrected chi connectivity index (χ1v) is 6.36. The Bertz CT molecular complexity index is 407. The summed E-state index contributed by atoms with van der Waals surface area (Å²) in [5.74, 6) is 0. The Morgan fingerprint density at radius 1 is 1.50 bits per heavy atom. The second-order valence-electron chi connectivity index (χ2n) is 3.79. The lowest BCUT2D eigenvalue weighted by Gasteiger charge is -2.03. The SMILES string of the molecule is Cc1cnn(CCCNCc2cscn2)c1. The fourth-order valence-corrected chi connectivity index (χ4v) is 2.05. The van der Waals surface area contributed by atoms with Crippen LogP contribution in [0.2, 0.25) is 0 Å². The average molecular weight is 236 g/mol. The van der Waals surface area contributed by atoms with E-state index in [0.29, 0.717) is 0 Å². The molecule has 0 aliphatic heterocycles. The molecule has 5 heteroatoms. The average Bonchev–Trinajstić information content (AvgIpc) is 2.89. The van der Waals surface area contributed by atoms with Gasteiger partial charge >= 0.3 is 0 Å². The minimum absolute atomic E-state index is 0.863. The third kappa shape index (κ3) is 3.43. The lowest BCUT2D eigenvalue weighted by molar-refractivity contribution is 0.541. The highest BCUT2D eigenvalue weighted by Crippen LogP contribution is 2.00. The molecule has 2 aromatic heterocycles. The van der Waals surface area contributed by atoms with Crippen molar-refractivity contribution in [2.24, 2.45) is 0 Å². The zero-order valence-electron chi connectivity index (χ0n) is 9.39. The van der Waals surface area contributed by atoms with Crippen molar-refractivity contribution in [1.82, 2.24) is 20.1 Å². The van der Waals surface area contributed by atoms with E-state index in [4.69, 9.17) is 0 Å². The minimum Gasteiger partial charge on any atom is -0.311 e. The van der Waals surface area contributed by atoms with Crippen molar-refractivity contribution in [3.63, 3.8) is 0 Å². The lowest BCUT2D eigenvalue weighted by atomic mass is 10.4. The third-order valence-electron chi connectivity index (χ3n) is 2.29. The fourth-order valence-electron chi connectivity index (χ4n) is 1.50. The van der Waals surface area contributed by atoms with Gasteiger partial charge in [0.15, 0.2) is 0 Å². The summed E-state index contributed by atoms with van der Waals surface area (Å²) in [6, 6.07) is 0. The fraction of sp³-hybridized carbons (Fsp3) is 0.455. The van der Waals surface area contributed by atoms with Crippen molar-refractivity contribution < 1.29 is 0 Å². The van der Waals surface area contributed by atoms with Gasteiger partial charge in [0.1, 0.15) is 0 Å². The number of nitrogens with one attached hydrogen (secondary N) is 1. The zero-order valence-corrected chi connectivity index (χ0v) is 10.2. The van der Waals surface area contributed by atoms with E-state index in [9.17, 15) is 0 Å². The molecule has 0 amide bonds. The first-order chi connectivity index (χ1) is 7.84. The summed E-state index contributed by atoms with van der Waals surface area (Å²) in [5, 5.41) is 9.68. The predicted molar refractivity (Wildman–Crippen MR) is 65.4 cm³/mol. The molecule has 0 saturated heterocycles. The number of rotatable bonds is 6. The van der Waals surface area contributed by atoms with Gasteiger partial charge in [-0.15, -0.1) is 11.3 Å². The van der Waals surface area contributed by atoms with Crippen LogP contribution in [0.15, 0.2) is 23.3 Å². The largest absolute Gasteiger partial charge is 0.311 e. The Hall–Kier alpha value is -1.20. The number of nitrogens with zero attached hydrogens (tertiary/aromatic N) is 3. The maximum Gasteiger partial charge on any atom is 0.0795 e. The van der Waals surface area contributed by atoms with E-state index >= 15 is 0 Å². The molecule has 2 heterocycles. The maximum absolute atomic E-state index is 4.24. The first kappa shape index (κ1) is 11.3. The second kappa shape index (κ2) is 5.77. The van der Waals surface area contributed by atoms with Gasteiger partial charge in [0.2, 0.25) is 0 Å². The molecule has 2 rings (SSSR count). The molecule has 0 fully saturated rings. The van der Waals surface area contributed by atoms with Gasteiger partial charge in [-0.1, -0.05) is 0 Å². The quantitative estimate of drug-likeness (QED) is 0.778. The van der Waals surface area contributed by atoms with Gasteiger partial charge in [-0.25, -0.2) is 4.98 Å². The molecule has 2 aromatic rings. The molecule has 1 N–H and O–H groups in total. The van der Waals surface area contributed by atoms with Crippen molar-refractivity contribution in [3.8, 4) is 0 Å². The highest BCUT2D eigenvalue weighted by Gasteiger charge is 1.95. The topological polar surface area (TPSA) is 42.7 Å². The van der Waals surface area contributed by atoms with Crippen LogP contribution in [0.1, 0.15) is 17.7 Å². The van der Waals surface area contributed by atoms with Crippen molar-refractivity contribution in [1.29, 1.82) is 0 Å². The minimum atomic E-state index is 0.863. The van der Waals surface area contributed by atoms with Crippen LogP contribution in [0.5, 0.6) is 0 Å². The van der Waals surface area contributed by atoms with Crippen molar-refractivity contribution in [2.75, 3.05) is 6.54 Å². The number of aromatic nitrogens is 3. The maximum atomic E-state index is 4.24. The molecule has 0 radical (unpaired) electrons. The third-order valence-corrected chi connectivity index (χ3v) is 2.93. The van der Waals surface area contributed by atoms with E-state index in [1.807, 2.05) is 16.4 Å². The highest BCUT2D eigenvalue weighted by atomic mass is 32.1. The summed E-state index contributed by atoms with van der Waals surface area (Å²) in [7, 11) is 0. The van der Waals surface area contributed by atoms with Crippen LogP contribution in [0.4, 0.5) is 0 Å². The summed E-state index contributed by atoms with van der Waals surface area (Å²) < 4.78 is 1.99. The molecular weight excluding hydrogens is 220 g/mol. The van der Waals surface area contributed by atoms with Gasteiger partial charge in [0, 0.05) is 24.7 Å². The molecule has 0 bridgehead atoms. The lowest BCUT2D eigenvalue weighted by Crippen LogP contribution is -2.16. The molecule has 4 nitrogen and oxygen atoms in total. The molecule has 0 atom stereocenters. The Kier molecular flexibility index (Phi) is 4.07. The van der Waals surface area contributed by atoms with Gasteiger partial charge < -0.3 is 5.32 Å². The van der Waals surface area contributed by atoms with Crippen LogP contribution >= 0.6 is 11.3 Å². The van der Waals surface area contributed by atoms with Gasteiger partial charge in [0.05, 0.1) is 17.4 Å². The monoisotopic (exact) mass is 236 g/mol. The number of hydrogen-bond donors (Lipinski definition) is 1. The van der Waals surface area contributed by atoms with E-state index in [-0.39, 0.29) is 0 Å². The molecule has 16 heavy (non-hydrogen) atoms. The van der Waals surface area contributed by atoms with Gasteiger partial charge in [-0.3, -0.25) is 4.68 Å². The molecule has 0 aliphatic carbocycles. The molecule has 0 saturated carbocycles. The van der Waals surface area contributed by atoms with Crippen LogP contribution in [0, 0.1) is 6.92 Å². The highest BCUT2D eigenvalue weighted by molar-refractivity contribution is 7.07. The van der Waals surface area contributed by atoms with Crippen molar-refractivity contribution >= 4 is 11.3 Å². The van der Waals surface area contributed by atoms with Gasteiger partial charge in [0.25, 0.3) is 0 Å². The zero-order chi connectivity index (χ0) is 11.2. The number of hydrogen-bond acceptors (Lipinski definition) is 4. The molecular formula is C11H16N4S. The Morgan fingerprint density at radius 2 is 2.44 bits per heavy atom. The first-order valence-electron chi connectivity index (χ1n) is 5.41. The smallest absolute Gasteiger partial charge is 0.0795 e. The van der Waals surface area contributed by atoms with Crippen LogP contribution in [0.3, 0.4) is 0 Å². The van der Waals surface area contributed by atoms with Crippen LogP contribution in [-0.4, -0.2) is 21.3 Å². The summed E-state index contributed by atoms with van der Waals surface area (Å²) in [5.41, 5.74) is 4.21. The molecule has 86 valence electrons. The van der Waals surface area contributed by atoms with E-state index in [1.54, 1.807) is 11.3 Å². The van der Waals surface area contributed by atoms with Gasteiger partial charge in [-0.2, -0.15) is 5.10 Å². The van der Waals surface area contributed by atoms with E-state index < -0.39 is 0 Å². The predicted octanol–water partition coefficient (Wildman–Crippen LogP) is 1.83. The molecule has 0 spiro atoms. The standard InChI is InChI=1S/C11H16N4S/c1-10-5-14-15(7-10)4-2-3-12-6-11-8-16-9-13-11/h5,7-9,12H,2-4,6H2,1H3. The second-order valence-corrected chi connectivity index (χ2v) is 4.51. The Morgan fingerprint density at radius 3 is 3.12 bits per heavy atom. The molecule has 0 aliphatic rings. The van der Waals surface area contributed by atoms with Crippen LogP contribution < -0.4 is 5.32 Å². The van der Waals surface area contributed by atoms with Crippen molar-refractivity contribution in [2.45, 2.75) is 26.4 Å². The normalized spacial score (nSPS) is 10.8. The Balaban J connectivity index is 1.59. The molecule has 0 unspecified atom stereocenters. The van der Waals surface area contributed by atoms with Crippen LogP contribution in [0.25, 0.3) is 0 Å². The summed E-state index contributed by atoms with van der Waals surface area (Å²) in [6.07, 6.45) is 5.05. The summed E-state index contributed by atoms with van der Waals surface area (Å²) in [6.45, 7) is 4.89. The van der Waals surface area contributed by atoms with Crippen molar-refractivity contribution in [3.05, 3.63) is 34.5 Å². The molecule has 0 aromatic carbocycles. The van der Waals surface area contributed by atoms with E-state index in [1.165, 1.54) is 5.56 Å².